The quantitative estimate of drug-likeness (QED) is 0.530. The molecule has 1 unspecified atom stereocenters. The van der Waals surface area contributed by atoms with Gasteiger partial charge in [0.25, 0.3) is 0 Å². The van der Waals surface area contributed by atoms with E-state index in [0.717, 1.165) is 37.6 Å². The van der Waals surface area contributed by atoms with Crippen LogP contribution in [0.4, 0.5) is 13.2 Å². The summed E-state index contributed by atoms with van der Waals surface area (Å²) >= 11 is 0. The number of alkyl halides is 3. The summed E-state index contributed by atoms with van der Waals surface area (Å²) in [7, 11) is 3.31. The maximum atomic E-state index is 12.4. The zero-order valence-corrected chi connectivity index (χ0v) is 17.9. The Labute approximate surface area is 179 Å². The molecule has 0 saturated carbocycles. The third-order valence-corrected chi connectivity index (χ3v) is 5.05. The molecule has 1 aliphatic rings. The fourth-order valence-corrected chi connectivity index (χ4v) is 3.56. The third-order valence-electron chi connectivity index (χ3n) is 5.05. The first-order chi connectivity index (χ1) is 14.8. The van der Waals surface area contributed by atoms with Crippen LogP contribution in [-0.4, -0.2) is 60.2 Å². The fraction of sp³-hybridized carbons (Fsp3) is 0.524. The van der Waals surface area contributed by atoms with E-state index in [2.05, 4.69) is 15.3 Å². The molecular weight excluding hydrogens is 411 g/mol. The van der Waals surface area contributed by atoms with Gasteiger partial charge in [0.05, 0.1) is 19.9 Å². The van der Waals surface area contributed by atoms with Gasteiger partial charge in [-0.2, -0.15) is 18.3 Å². The van der Waals surface area contributed by atoms with Crippen molar-refractivity contribution in [1.82, 2.24) is 20.0 Å². The summed E-state index contributed by atoms with van der Waals surface area (Å²) in [6.45, 7) is 3.50. The van der Waals surface area contributed by atoms with Crippen molar-refractivity contribution >= 4 is 5.96 Å². The van der Waals surface area contributed by atoms with Gasteiger partial charge in [0.1, 0.15) is 0 Å². The Morgan fingerprint density at radius 2 is 2.13 bits per heavy atom. The first-order valence-corrected chi connectivity index (χ1v) is 10.2. The Bertz CT molecular complexity index is 897. The van der Waals surface area contributed by atoms with Gasteiger partial charge >= 0.3 is 6.18 Å². The van der Waals surface area contributed by atoms with Gasteiger partial charge in [-0.05, 0) is 36.6 Å². The van der Waals surface area contributed by atoms with E-state index in [-0.39, 0.29) is 11.5 Å². The number of hydrogen-bond donors (Lipinski definition) is 1. The molecule has 7 nitrogen and oxygen atoms in total. The van der Waals surface area contributed by atoms with E-state index < -0.39 is 12.8 Å². The molecule has 1 aromatic heterocycles. The van der Waals surface area contributed by atoms with E-state index in [1.165, 1.54) is 18.7 Å². The highest BCUT2D eigenvalue weighted by molar-refractivity contribution is 5.80. The number of halogens is 3. The maximum absolute atomic E-state index is 12.4. The van der Waals surface area contributed by atoms with E-state index in [4.69, 9.17) is 14.5 Å². The number of rotatable bonds is 7. The van der Waals surface area contributed by atoms with Crippen LogP contribution in [0.2, 0.25) is 0 Å². The normalized spacial score (nSPS) is 17.2. The highest BCUT2D eigenvalue weighted by Crippen LogP contribution is 2.30. The number of nitrogens with zero attached hydrogens (tertiary/aromatic N) is 4. The molecule has 0 amide bonds. The molecule has 0 aliphatic carbocycles. The molecule has 1 fully saturated rings. The number of aryl methyl sites for hydroxylation is 1. The number of nitrogens with one attached hydrogen (secondary N) is 1. The minimum absolute atomic E-state index is 0.0540. The van der Waals surface area contributed by atoms with Crippen molar-refractivity contribution in [3.63, 3.8) is 0 Å². The van der Waals surface area contributed by atoms with Crippen molar-refractivity contribution in [2.24, 2.45) is 12.0 Å². The smallest absolute Gasteiger partial charge is 0.422 e. The third kappa shape index (κ3) is 6.28. The second-order valence-electron chi connectivity index (χ2n) is 7.44. The van der Waals surface area contributed by atoms with Crippen molar-refractivity contribution in [3.05, 3.63) is 41.7 Å². The summed E-state index contributed by atoms with van der Waals surface area (Å²) in [6.07, 6.45) is 0.577. The molecule has 1 aliphatic heterocycles. The Hall–Kier alpha value is -2.91. The molecule has 2 heterocycles. The average molecular weight is 439 g/mol. The summed E-state index contributed by atoms with van der Waals surface area (Å²) in [5, 5.41) is 7.58. The first-order valence-electron chi connectivity index (χ1n) is 10.2. The van der Waals surface area contributed by atoms with Crippen LogP contribution >= 0.6 is 0 Å². The van der Waals surface area contributed by atoms with Crippen LogP contribution < -0.4 is 14.8 Å². The fourth-order valence-electron chi connectivity index (χ4n) is 3.56. The second-order valence-corrected chi connectivity index (χ2v) is 7.44. The van der Waals surface area contributed by atoms with Crippen LogP contribution in [0.15, 0.2) is 35.6 Å². The summed E-state index contributed by atoms with van der Waals surface area (Å²) < 4.78 is 49.1. The number of hydrogen-bond acceptors (Lipinski definition) is 4. The molecular formula is C21H28F3N5O2. The SMILES string of the molecule is CCNC(=NCc1ccc(OCC(F)(F)F)c(OC)c1)N1CCC(c2cnn(C)c2)C1. The molecule has 31 heavy (non-hydrogen) atoms. The number of methoxy groups -OCH3 is 1. The molecule has 10 heteroatoms. The largest absolute Gasteiger partial charge is 0.493 e. The van der Waals surface area contributed by atoms with Gasteiger partial charge in [-0.15, -0.1) is 0 Å². The molecule has 1 atom stereocenters. The van der Waals surface area contributed by atoms with Crippen LogP contribution in [-0.2, 0) is 13.6 Å². The van der Waals surface area contributed by atoms with Gasteiger partial charge in [0.15, 0.2) is 24.1 Å². The van der Waals surface area contributed by atoms with E-state index in [9.17, 15) is 13.2 Å². The average Bonchev–Trinajstić information content (AvgIpc) is 3.38. The summed E-state index contributed by atoms with van der Waals surface area (Å²) in [5.74, 6) is 1.52. The number of guanidine groups is 1. The van der Waals surface area contributed by atoms with Gasteiger partial charge in [0, 0.05) is 38.8 Å². The van der Waals surface area contributed by atoms with Crippen molar-refractivity contribution in [1.29, 1.82) is 0 Å². The lowest BCUT2D eigenvalue weighted by Gasteiger charge is -2.21. The van der Waals surface area contributed by atoms with Gasteiger partial charge in [-0.25, -0.2) is 4.99 Å². The topological polar surface area (TPSA) is 63.9 Å². The van der Waals surface area contributed by atoms with Crippen molar-refractivity contribution in [3.8, 4) is 11.5 Å². The Morgan fingerprint density at radius 3 is 2.77 bits per heavy atom. The van der Waals surface area contributed by atoms with E-state index in [0.29, 0.717) is 12.5 Å². The van der Waals surface area contributed by atoms with Crippen LogP contribution in [0.25, 0.3) is 0 Å². The lowest BCUT2D eigenvalue weighted by molar-refractivity contribution is -0.153. The van der Waals surface area contributed by atoms with Crippen LogP contribution in [0.1, 0.15) is 30.4 Å². The highest BCUT2D eigenvalue weighted by atomic mass is 19.4. The standard InChI is InChI=1S/C21H28F3N5O2/c1-4-25-20(29-8-7-16(13-29)17-11-27-28(2)12-17)26-10-15-5-6-18(19(9-15)30-3)31-14-21(22,23)24/h5-6,9,11-12,16H,4,7-8,10,13-14H2,1-3H3,(H,25,26). The van der Waals surface area contributed by atoms with Crippen LogP contribution in [0, 0.1) is 0 Å². The summed E-state index contributed by atoms with van der Waals surface area (Å²) in [5.41, 5.74) is 2.04. The number of aliphatic imine (C=N–C) groups is 1. The predicted molar refractivity (Wildman–Crippen MR) is 111 cm³/mol. The minimum Gasteiger partial charge on any atom is -0.493 e. The van der Waals surface area contributed by atoms with Crippen molar-refractivity contribution < 1.29 is 22.6 Å². The molecule has 0 spiro atoms. The highest BCUT2D eigenvalue weighted by Gasteiger charge is 2.29. The lowest BCUT2D eigenvalue weighted by Crippen LogP contribution is -2.40. The van der Waals surface area contributed by atoms with E-state index in [1.807, 2.05) is 31.0 Å². The Balaban J connectivity index is 1.67. The Kier molecular flexibility index (Phi) is 7.29. The lowest BCUT2D eigenvalue weighted by atomic mass is 10.0. The van der Waals surface area contributed by atoms with Crippen LogP contribution in [0.3, 0.4) is 0 Å². The second kappa shape index (κ2) is 9.93. The molecule has 1 aromatic carbocycles. The minimum atomic E-state index is -4.40. The van der Waals surface area contributed by atoms with E-state index >= 15 is 0 Å². The summed E-state index contributed by atoms with van der Waals surface area (Å²) in [4.78, 5) is 6.95. The number of aromatic nitrogens is 2. The number of benzene rings is 1. The number of ether oxygens (including phenoxy) is 2. The molecule has 0 bridgehead atoms. The monoisotopic (exact) mass is 439 g/mol. The summed E-state index contributed by atoms with van der Waals surface area (Å²) in [6, 6.07) is 4.83. The predicted octanol–water partition coefficient (Wildman–Crippen LogP) is 3.32. The molecule has 2 aromatic rings. The van der Waals surface area contributed by atoms with E-state index in [1.54, 1.807) is 12.1 Å². The first kappa shape index (κ1) is 22.8. The van der Waals surface area contributed by atoms with Gasteiger partial charge in [0.2, 0.25) is 0 Å². The van der Waals surface area contributed by atoms with Crippen molar-refractivity contribution in [2.45, 2.75) is 32.0 Å². The molecule has 3 rings (SSSR count). The molecule has 0 radical (unpaired) electrons. The van der Waals surface area contributed by atoms with Crippen molar-refractivity contribution in [2.75, 3.05) is 33.4 Å². The molecule has 1 N–H and O–H groups in total. The zero-order valence-electron chi connectivity index (χ0n) is 17.9. The van der Waals surface area contributed by atoms with Gasteiger partial charge in [-0.1, -0.05) is 6.07 Å². The van der Waals surface area contributed by atoms with Gasteiger partial charge in [-0.3, -0.25) is 4.68 Å². The zero-order chi connectivity index (χ0) is 22.4. The molecule has 170 valence electrons. The molecule has 1 saturated heterocycles. The Morgan fingerprint density at radius 1 is 1.32 bits per heavy atom. The van der Waals surface area contributed by atoms with Crippen LogP contribution in [0.5, 0.6) is 11.5 Å². The maximum Gasteiger partial charge on any atom is 0.422 e. The van der Waals surface area contributed by atoms with Gasteiger partial charge < -0.3 is 19.7 Å². The number of likely N-dealkylation sites (tertiary alicyclic amines) is 1.